The summed E-state index contributed by atoms with van der Waals surface area (Å²) < 4.78 is 5.43. The van der Waals surface area contributed by atoms with Crippen LogP contribution in [0.4, 0.5) is 5.69 Å². The second-order valence-electron chi connectivity index (χ2n) is 3.90. The molecule has 1 unspecified atom stereocenters. The number of carbonyl (C=O) groups is 1. The van der Waals surface area contributed by atoms with E-state index in [1.807, 2.05) is 49.2 Å². The Morgan fingerprint density at radius 2 is 2.06 bits per heavy atom. The average molecular weight is 283 g/mol. The Labute approximate surface area is 118 Å². The number of nitrogens with zero attached hydrogens (tertiary/aromatic N) is 1. The van der Waals surface area contributed by atoms with Gasteiger partial charge in [0.25, 0.3) is 0 Å². The molecule has 0 amide bonds. The van der Waals surface area contributed by atoms with Gasteiger partial charge >= 0.3 is 5.97 Å². The fourth-order valence-electron chi connectivity index (χ4n) is 1.32. The molecule has 1 atom stereocenters. The smallest absolute Gasteiger partial charge is 0.309 e. The van der Waals surface area contributed by atoms with Gasteiger partial charge in [0.2, 0.25) is 0 Å². The third kappa shape index (κ3) is 4.31. The SMILES string of the molecule is COC(=O)C(C)CSC(=S)N(C)c1ccccc1. The number of benzene rings is 1. The third-order valence-electron chi connectivity index (χ3n) is 2.48. The molecule has 0 aliphatic heterocycles. The first kappa shape index (κ1) is 15.0. The lowest BCUT2D eigenvalue weighted by molar-refractivity contribution is -0.143. The molecule has 18 heavy (non-hydrogen) atoms. The van der Waals surface area contributed by atoms with Gasteiger partial charge in [-0.2, -0.15) is 0 Å². The first-order valence-electron chi connectivity index (χ1n) is 5.59. The number of thioether (sulfide) groups is 1. The van der Waals surface area contributed by atoms with Crippen LogP contribution >= 0.6 is 24.0 Å². The van der Waals surface area contributed by atoms with Crippen LogP contribution in [-0.2, 0) is 9.53 Å². The summed E-state index contributed by atoms with van der Waals surface area (Å²) in [6.45, 7) is 1.84. The Morgan fingerprint density at radius 1 is 1.44 bits per heavy atom. The van der Waals surface area contributed by atoms with E-state index in [1.165, 1.54) is 18.9 Å². The van der Waals surface area contributed by atoms with Crippen LogP contribution in [-0.4, -0.2) is 30.2 Å². The summed E-state index contributed by atoms with van der Waals surface area (Å²) in [6, 6.07) is 9.90. The van der Waals surface area contributed by atoms with Gasteiger partial charge in [-0.25, -0.2) is 0 Å². The summed E-state index contributed by atoms with van der Waals surface area (Å²) >= 11 is 6.82. The van der Waals surface area contributed by atoms with E-state index in [-0.39, 0.29) is 11.9 Å². The first-order chi connectivity index (χ1) is 8.56. The number of anilines is 1. The number of thiocarbonyl (C=S) groups is 1. The average Bonchev–Trinajstić information content (AvgIpc) is 2.43. The van der Waals surface area contributed by atoms with E-state index in [1.54, 1.807) is 0 Å². The maximum Gasteiger partial charge on any atom is 0.309 e. The van der Waals surface area contributed by atoms with Gasteiger partial charge in [0.15, 0.2) is 0 Å². The molecule has 0 saturated carbocycles. The van der Waals surface area contributed by atoms with E-state index < -0.39 is 0 Å². The number of ether oxygens (including phenoxy) is 1. The number of para-hydroxylation sites is 1. The van der Waals surface area contributed by atoms with Crippen molar-refractivity contribution in [2.24, 2.45) is 5.92 Å². The Morgan fingerprint density at radius 3 is 2.61 bits per heavy atom. The van der Waals surface area contributed by atoms with Gasteiger partial charge in [-0.1, -0.05) is 49.1 Å². The molecule has 0 aliphatic rings. The van der Waals surface area contributed by atoms with E-state index >= 15 is 0 Å². The fraction of sp³-hybridized carbons (Fsp3) is 0.385. The van der Waals surface area contributed by atoms with E-state index in [9.17, 15) is 4.79 Å². The van der Waals surface area contributed by atoms with Gasteiger partial charge in [0.05, 0.1) is 13.0 Å². The van der Waals surface area contributed by atoms with Crippen molar-refractivity contribution in [2.45, 2.75) is 6.92 Å². The summed E-state index contributed by atoms with van der Waals surface area (Å²) in [5.41, 5.74) is 1.04. The maximum atomic E-state index is 11.3. The molecular weight excluding hydrogens is 266 g/mol. The molecule has 0 spiro atoms. The molecule has 0 radical (unpaired) electrons. The molecule has 1 aromatic rings. The van der Waals surface area contributed by atoms with Crippen molar-refractivity contribution >= 4 is 40.0 Å². The molecule has 1 rings (SSSR count). The van der Waals surface area contributed by atoms with Crippen LogP contribution in [0.1, 0.15) is 6.92 Å². The molecule has 0 heterocycles. The quantitative estimate of drug-likeness (QED) is 0.626. The summed E-state index contributed by atoms with van der Waals surface area (Å²) in [5.74, 6) is 0.276. The van der Waals surface area contributed by atoms with Crippen LogP contribution in [0.5, 0.6) is 0 Å². The van der Waals surface area contributed by atoms with E-state index in [4.69, 9.17) is 12.2 Å². The Hall–Kier alpha value is -1.07. The molecule has 5 heteroatoms. The Bertz CT molecular complexity index is 409. The third-order valence-corrected chi connectivity index (χ3v) is 4.29. The van der Waals surface area contributed by atoms with Gasteiger partial charge in [-0.05, 0) is 12.1 Å². The molecule has 0 aromatic heterocycles. The summed E-state index contributed by atoms with van der Waals surface area (Å²) in [5, 5.41) is 0. The molecule has 3 nitrogen and oxygen atoms in total. The van der Waals surface area contributed by atoms with Crippen LogP contribution in [0.25, 0.3) is 0 Å². The highest BCUT2D eigenvalue weighted by Crippen LogP contribution is 2.19. The van der Waals surface area contributed by atoms with Gasteiger partial charge in [-0.15, -0.1) is 0 Å². The van der Waals surface area contributed by atoms with Gasteiger partial charge in [0.1, 0.15) is 4.32 Å². The van der Waals surface area contributed by atoms with Crippen molar-refractivity contribution in [3.05, 3.63) is 30.3 Å². The van der Waals surface area contributed by atoms with Gasteiger partial charge < -0.3 is 9.64 Å². The van der Waals surface area contributed by atoms with Crippen molar-refractivity contribution in [2.75, 3.05) is 24.8 Å². The Kier molecular flexibility index (Phi) is 6.15. The van der Waals surface area contributed by atoms with E-state index in [2.05, 4.69) is 4.74 Å². The number of methoxy groups -OCH3 is 1. The van der Waals surface area contributed by atoms with Crippen molar-refractivity contribution in [1.29, 1.82) is 0 Å². The highest BCUT2D eigenvalue weighted by Gasteiger charge is 2.15. The predicted molar refractivity (Wildman–Crippen MR) is 81.1 cm³/mol. The number of esters is 1. The number of hydrogen-bond acceptors (Lipinski definition) is 4. The van der Waals surface area contributed by atoms with E-state index in [0.29, 0.717) is 5.75 Å². The van der Waals surface area contributed by atoms with Crippen molar-refractivity contribution in [3.63, 3.8) is 0 Å². The maximum absolute atomic E-state index is 11.3. The van der Waals surface area contributed by atoms with Crippen molar-refractivity contribution in [3.8, 4) is 0 Å². The second-order valence-corrected chi connectivity index (χ2v) is 5.55. The standard InChI is InChI=1S/C13H17NO2S2/c1-10(12(15)16-3)9-18-13(17)14(2)11-7-5-4-6-8-11/h4-8,10H,9H2,1-3H3. The zero-order chi connectivity index (χ0) is 13.5. The fourth-order valence-corrected chi connectivity index (χ4v) is 2.46. The minimum absolute atomic E-state index is 0.151. The highest BCUT2D eigenvalue weighted by atomic mass is 32.2. The summed E-state index contributed by atoms with van der Waals surface area (Å²) in [4.78, 5) is 13.2. The predicted octanol–water partition coefficient (Wildman–Crippen LogP) is 2.95. The lowest BCUT2D eigenvalue weighted by Gasteiger charge is -2.20. The molecule has 0 N–H and O–H groups in total. The van der Waals surface area contributed by atoms with Crippen LogP contribution < -0.4 is 4.90 Å². The molecule has 0 fully saturated rings. The lowest BCUT2D eigenvalue weighted by Crippen LogP contribution is -2.23. The van der Waals surface area contributed by atoms with Crippen LogP contribution in [0, 0.1) is 5.92 Å². The first-order valence-corrected chi connectivity index (χ1v) is 6.99. The van der Waals surface area contributed by atoms with Crippen LogP contribution in [0.2, 0.25) is 0 Å². The largest absolute Gasteiger partial charge is 0.469 e. The number of carbonyl (C=O) groups excluding carboxylic acids is 1. The zero-order valence-corrected chi connectivity index (χ0v) is 12.4. The minimum Gasteiger partial charge on any atom is -0.469 e. The summed E-state index contributed by atoms with van der Waals surface area (Å²) in [7, 11) is 3.32. The van der Waals surface area contributed by atoms with Crippen molar-refractivity contribution < 1.29 is 9.53 Å². The number of rotatable bonds is 4. The second kappa shape index (κ2) is 7.38. The van der Waals surface area contributed by atoms with Crippen LogP contribution in [0.3, 0.4) is 0 Å². The molecule has 98 valence electrons. The van der Waals surface area contributed by atoms with Gasteiger partial charge in [0, 0.05) is 18.5 Å². The monoisotopic (exact) mass is 283 g/mol. The topological polar surface area (TPSA) is 29.5 Å². The van der Waals surface area contributed by atoms with Crippen LogP contribution in [0.15, 0.2) is 30.3 Å². The zero-order valence-electron chi connectivity index (χ0n) is 10.8. The van der Waals surface area contributed by atoms with Gasteiger partial charge in [-0.3, -0.25) is 4.79 Å². The molecule has 0 bridgehead atoms. The molecule has 1 aromatic carbocycles. The van der Waals surface area contributed by atoms with E-state index in [0.717, 1.165) is 10.0 Å². The molecule has 0 saturated heterocycles. The molecule has 0 aliphatic carbocycles. The summed E-state index contributed by atoms with van der Waals surface area (Å²) in [6.07, 6.45) is 0. The minimum atomic E-state index is -0.201. The Balaban J connectivity index is 2.49. The van der Waals surface area contributed by atoms with Crippen molar-refractivity contribution in [1.82, 2.24) is 0 Å². The molecular formula is C13H17NO2S2. The highest BCUT2D eigenvalue weighted by molar-refractivity contribution is 8.23. The number of hydrogen-bond donors (Lipinski definition) is 0. The lowest BCUT2D eigenvalue weighted by atomic mass is 10.2. The normalized spacial score (nSPS) is 11.7.